The fourth-order valence-electron chi connectivity index (χ4n) is 2.04. The molecule has 2 rings (SSSR count). The monoisotopic (exact) mass is 291 g/mol. The summed E-state index contributed by atoms with van der Waals surface area (Å²) in [6, 6.07) is 4.70. The van der Waals surface area contributed by atoms with Gasteiger partial charge in [0.25, 0.3) is 0 Å². The Morgan fingerprint density at radius 1 is 1.48 bits per heavy atom. The number of methoxy groups -OCH3 is 1. The molecular weight excluding hydrogens is 274 g/mol. The lowest BCUT2D eigenvalue weighted by Crippen LogP contribution is -2.08. The third-order valence-electron chi connectivity index (χ3n) is 3.03. The van der Waals surface area contributed by atoms with Crippen molar-refractivity contribution in [3.05, 3.63) is 40.4 Å². The molecule has 0 radical (unpaired) electrons. The number of aryl methyl sites for hydroxylation is 1. The lowest BCUT2D eigenvalue weighted by atomic mass is 10.1. The van der Waals surface area contributed by atoms with Crippen molar-refractivity contribution in [3.63, 3.8) is 0 Å². The highest BCUT2D eigenvalue weighted by Gasteiger charge is 2.21. The van der Waals surface area contributed by atoms with Crippen LogP contribution in [0.4, 0.5) is 5.69 Å². The average molecular weight is 291 g/mol. The number of rotatable bonds is 7. The largest absolute Gasteiger partial charge is 0.490 e. The summed E-state index contributed by atoms with van der Waals surface area (Å²) in [6.45, 7) is 0.873. The molecule has 0 spiro atoms. The van der Waals surface area contributed by atoms with Crippen LogP contribution in [0.1, 0.15) is 12.3 Å². The zero-order valence-corrected chi connectivity index (χ0v) is 12.0. The Morgan fingerprint density at radius 3 is 2.95 bits per heavy atom. The van der Waals surface area contributed by atoms with Gasteiger partial charge in [-0.15, -0.1) is 0 Å². The maximum atomic E-state index is 11.0. The van der Waals surface area contributed by atoms with Gasteiger partial charge < -0.3 is 14.5 Å². The van der Waals surface area contributed by atoms with Gasteiger partial charge in [-0.2, -0.15) is 0 Å². The van der Waals surface area contributed by atoms with Crippen molar-refractivity contribution in [2.75, 3.05) is 20.7 Å². The van der Waals surface area contributed by atoms with Gasteiger partial charge in [-0.05, 0) is 26.1 Å². The molecule has 0 aliphatic carbocycles. The predicted molar refractivity (Wildman–Crippen MR) is 77.4 cm³/mol. The molecule has 0 bridgehead atoms. The summed E-state index contributed by atoms with van der Waals surface area (Å²) < 4.78 is 10.8. The number of hydrogen-bond donors (Lipinski definition) is 1. The molecule has 1 aromatic carbocycles. The van der Waals surface area contributed by atoms with Crippen LogP contribution in [0.15, 0.2) is 28.8 Å². The van der Waals surface area contributed by atoms with Crippen LogP contribution in [0, 0.1) is 10.1 Å². The lowest BCUT2D eigenvalue weighted by molar-refractivity contribution is -0.385. The van der Waals surface area contributed by atoms with Crippen molar-refractivity contribution in [1.29, 1.82) is 0 Å². The minimum absolute atomic E-state index is 0.0943. The van der Waals surface area contributed by atoms with E-state index in [0.29, 0.717) is 23.6 Å². The lowest BCUT2D eigenvalue weighted by Gasteiger charge is -2.06. The van der Waals surface area contributed by atoms with Crippen LogP contribution >= 0.6 is 0 Å². The number of para-hydroxylation sites is 1. The Morgan fingerprint density at radius 2 is 2.29 bits per heavy atom. The Balaban J connectivity index is 2.29. The number of nitrogens with one attached hydrogen (secondary N) is 1. The van der Waals surface area contributed by atoms with E-state index in [1.165, 1.54) is 13.2 Å². The number of nitro groups is 1. The standard InChI is InChI=1S/C14H17N3O4/c1-15-8-4-7-13-16-9-12(21-13)10-5-3-6-11(17(18)19)14(10)20-2/h3,5-6,9,15H,4,7-8H2,1-2H3. The van der Waals surface area contributed by atoms with Crippen LogP contribution in [0.3, 0.4) is 0 Å². The highest BCUT2D eigenvalue weighted by molar-refractivity contribution is 5.71. The fourth-order valence-corrected chi connectivity index (χ4v) is 2.04. The second kappa shape index (κ2) is 6.85. The van der Waals surface area contributed by atoms with Gasteiger partial charge in [0.2, 0.25) is 5.75 Å². The van der Waals surface area contributed by atoms with Gasteiger partial charge >= 0.3 is 5.69 Å². The first-order valence-electron chi connectivity index (χ1n) is 6.58. The van der Waals surface area contributed by atoms with Crippen LogP contribution in [0.2, 0.25) is 0 Å². The van der Waals surface area contributed by atoms with Gasteiger partial charge in [0, 0.05) is 12.5 Å². The molecule has 112 valence electrons. The summed E-state index contributed by atoms with van der Waals surface area (Å²) in [4.78, 5) is 14.7. The number of hydrogen-bond acceptors (Lipinski definition) is 6. The minimum atomic E-state index is -0.480. The molecule has 2 aromatic rings. The fraction of sp³-hybridized carbons (Fsp3) is 0.357. The average Bonchev–Trinajstić information content (AvgIpc) is 2.95. The molecule has 0 saturated heterocycles. The Hall–Kier alpha value is -2.41. The summed E-state index contributed by atoms with van der Waals surface area (Å²) in [6.07, 6.45) is 3.18. The summed E-state index contributed by atoms with van der Waals surface area (Å²) in [5, 5.41) is 14.1. The van der Waals surface area contributed by atoms with Crippen molar-refractivity contribution >= 4 is 5.69 Å². The number of oxazole rings is 1. The highest BCUT2D eigenvalue weighted by Crippen LogP contribution is 2.37. The number of benzene rings is 1. The van der Waals surface area contributed by atoms with E-state index < -0.39 is 4.92 Å². The normalized spacial score (nSPS) is 10.6. The first-order valence-corrected chi connectivity index (χ1v) is 6.58. The molecule has 0 saturated carbocycles. The first-order chi connectivity index (χ1) is 10.2. The third-order valence-corrected chi connectivity index (χ3v) is 3.03. The summed E-state index contributed by atoms with van der Waals surface area (Å²) >= 11 is 0. The molecule has 21 heavy (non-hydrogen) atoms. The van der Waals surface area contributed by atoms with Gasteiger partial charge in [-0.3, -0.25) is 10.1 Å². The molecule has 1 N–H and O–H groups in total. The van der Waals surface area contributed by atoms with E-state index in [0.717, 1.165) is 13.0 Å². The van der Waals surface area contributed by atoms with E-state index in [2.05, 4.69) is 10.3 Å². The molecule has 0 fully saturated rings. The molecular formula is C14H17N3O4. The summed E-state index contributed by atoms with van der Waals surface area (Å²) in [5.74, 6) is 1.25. The van der Waals surface area contributed by atoms with Gasteiger partial charge in [0.15, 0.2) is 11.7 Å². The van der Waals surface area contributed by atoms with Crippen LogP contribution in [-0.2, 0) is 6.42 Å². The van der Waals surface area contributed by atoms with Crippen molar-refractivity contribution in [1.82, 2.24) is 10.3 Å². The van der Waals surface area contributed by atoms with E-state index in [9.17, 15) is 10.1 Å². The smallest absolute Gasteiger partial charge is 0.311 e. The Kier molecular flexibility index (Phi) is 4.89. The maximum Gasteiger partial charge on any atom is 0.311 e. The maximum absolute atomic E-state index is 11.0. The SMILES string of the molecule is CNCCCc1ncc(-c2cccc([N+](=O)[O-])c2OC)o1. The Bertz CT molecular complexity index is 624. The number of aromatic nitrogens is 1. The van der Waals surface area contributed by atoms with Crippen LogP contribution in [-0.4, -0.2) is 30.6 Å². The number of nitro benzene ring substituents is 1. The van der Waals surface area contributed by atoms with Crippen LogP contribution in [0.5, 0.6) is 5.75 Å². The second-order valence-electron chi connectivity index (χ2n) is 4.44. The van der Waals surface area contributed by atoms with Crippen LogP contribution < -0.4 is 10.1 Å². The summed E-state index contributed by atoms with van der Waals surface area (Å²) in [7, 11) is 3.28. The van der Waals surface area contributed by atoms with E-state index in [4.69, 9.17) is 9.15 Å². The molecule has 1 heterocycles. The minimum Gasteiger partial charge on any atom is -0.490 e. The number of ether oxygens (including phenoxy) is 1. The molecule has 1 aromatic heterocycles. The van der Waals surface area contributed by atoms with E-state index in [1.807, 2.05) is 7.05 Å². The van der Waals surface area contributed by atoms with Crippen molar-refractivity contribution in [2.45, 2.75) is 12.8 Å². The molecule has 0 atom stereocenters. The van der Waals surface area contributed by atoms with E-state index in [-0.39, 0.29) is 11.4 Å². The van der Waals surface area contributed by atoms with Gasteiger partial charge in [0.05, 0.1) is 23.8 Å². The van der Waals surface area contributed by atoms with Gasteiger partial charge in [0.1, 0.15) is 0 Å². The third kappa shape index (κ3) is 3.38. The topological polar surface area (TPSA) is 90.4 Å². The van der Waals surface area contributed by atoms with Crippen molar-refractivity contribution in [3.8, 4) is 17.1 Å². The van der Waals surface area contributed by atoms with E-state index in [1.54, 1.807) is 18.3 Å². The summed E-state index contributed by atoms with van der Waals surface area (Å²) in [5.41, 5.74) is 0.433. The van der Waals surface area contributed by atoms with Crippen LogP contribution in [0.25, 0.3) is 11.3 Å². The molecule has 7 nitrogen and oxygen atoms in total. The second-order valence-corrected chi connectivity index (χ2v) is 4.44. The molecule has 0 aliphatic rings. The van der Waals surface area contributed by atoms with Gasteiger partial charge in [-0.25, -0.2) is 4.98 Å². The molecule has 0 unspecified atom stereocenters. The van der Waals surface area contributed by atoms with Gasteiger partial charge in [-0.1, -0.05) is 6.07 Å². The molecule has 0 amide bonds. The number of nitrogens with zero attached hydrogens (tertiary/aromatic N) is 2. The molecule has 0 aliphatic heterocycles. The molecule has 7 heteroatoms. The first kappa shape index (κ1) is 15.0. The van der Waals surface area contributed by atoms with Crippen molar-refractivity contribution in [2.24, 2.45) is 0 Å². The quantitative estimate of drug-likeness (QED) is 0.478. The van der Waals surface area contributed by atoms with E-state index >= 15 is 0 Å². The zero-order valence-electron chi connectivity index (χ0n) is 12.0. The predicted octanol–water partition coefficient (Wildman–Crippen LogP) is 2.41. The zero-order chi connectivity index (χ0) is 15.2. The Labute approximate surface area is 122 Å². The van der Waals surface area contributed by atoms with Crippen molar-refractivity contribution < 1.29 is 14.1 Å². The highest BCUT2D eigenvalue weighted by atomic mass is 16.6.